The van der Waals surface area contributed by atoms with Crippen LogP contribution in [-0.2, 0) is 12.2 Å². The van der Waals surface area contributed by atoms with E-state index in [0.29, 0.717) is 0 Å². The molecule has 0 bridgehead atoms. The Morgan fingerprint density at radius 1 is 1.32 bits per heavy atom. The molecule has 0 amide bonds. The van der Waals surface area contributed by atoms with Crippen LogP contribution in [0.15, 0.2) is 47.2 Å². The molecule has 3 rings (SSSR count). The molecule has 1 aromatic carbocycles. The molecular formula is C17H19N3S2. The van der Waals surface area contributed by atoms with Gasteiger partial charge in [0.2, 0.25) is 0 Å². The maximum Gasteiger partial charge on any atom is 0.172 e. The van der Waals surface area contributed by atoms with Crippen LogP contribution in [-0.4, -0.2) is 14.5 Å². The van der Waals surface area contributed by atoms with Crippen LogP contribution >= 0.6 is 23.1 Å². The first kappa shape index (κ1) is 15.3. The molecule has 0 spiro atoms. The van der Waals surface area contributed by atoms with Gasteiger partial charge in [-0.05, 0) is 37.5 Å². The topological polar surface area (TPSA) is 30.7 Å². The summed E-state index contributed by atoms with van der Waals surface area (Å²) < 4.78 is 2.14. The predicted octanol–water partition coefficient (Wildman–Crippen LogP) is 4.88. The summed E-state index contributed by atoms with van der Waals surface area (Å²) in [6, 6.07) is 8.48. The van der Waals surface area contributed by atoms with Gasteiger partial charge in [0.05, 0.1) is 10.7 Å². The number of aromatic nitrogens is 3. The zero-order valence-corrected chi connectivity index (χ0v) is 14.5. The highest BCUT2D eigenvalue weighted by Gasteiger charge is 2.08. The lowest BCUT2D eigenvalue weighted by atomic mass is 10.2. The lowest BCUT2D eigenvalue weighted by molar-refractivity contribution is 0.889. The van der Waals surface area contributed by atoms with E-state index in [2.05, 4.69) is 58.0 Å². The molecule has 0 saturated carbocycles. The molecule has 0 aliphatic heterocycles. The predicted molar refractivity (Wildman–Crippen MR) is 94.0 cm³/mol. The van der Waals surface area contributed by atoms with E-state index in [9.17, 15) is 0 Å². The standard InChI is InChI=1S/C17H19N3S2/c1-3-5-16-19-14(11-21-16)12-22-17-18-8-9-20(17)15-7-4-6-13(2)10-15/h4,6-11H,3,5,12H2,1-2H3. The summed E-state index contributed by atoms with van der Waals surface area (Å²) in [4.78, 5) is 9.16. The molecule has 0 N–H and O–H groups in total. The minimum Gasteiger partial charge on any atom is -0.295 e. The normalized spacial score (nSPS) is 11.0. The number of imidazole rings is 1. The largest absolute Gasteiger partial charge is 0.295 e. The third-order valence-electron chi connectivity index (χ3n) is 3.30. The summed E-state index contributed by atoms with van der Waals surface area (Å²) in [5.41, 5.74) is 3.56. The minimum atomic E-state index is 0.864. The van der Waals surface area contributed by atoms with Crippen molar-refractivity contribution in [3.8, 4) is 5.69 Å². The molecule has 2 heterocycles. The van der Waals surface area contributed by atoms with Crippen molar-refractivity contribution in [3.63, 3.8) is 0 Å². The van der Waals surface area contributed by atoms with Crippen molar-refractivity contribution < 1.29 is 0 Å². The number of rotatable bonds is 6. The molecule has 0 aliphatic carbocycles. The van der Waals surface area contributed by atoms with Crippen LogP contribution in [0, 0.1) is 6.92 Å². The fourth-order valence-electron chi connectivity index (χ4n) is 2.25. The van der Waals surface area contributed by atoms with E-state index >= 15 is 0 Å². The Morgan fingerprint density at radius 3 is 3.05 bits per heavy atom. The van der Waals surface area contributed by atoms with Crippen LogP contribution in [0.5, 0.6) is 0 Å². The second kappa shape index (κ2) is 7.11. The molecule has 0 fully saturated rings. The van der Waals surface area contributed by atoms with Gasteiger partial charge in [-0.2, -0.15) is 0 Å². The highest BCUT2D eigenvalue weighted by molar-refractivity contribution is 7.98. The van der Waals surface area contributed by atoms with E-state index in [4.69, 9.17) is 0 Å². The minimum absolute atomic E-state index is 0.864. The van der Waals surface area contributed by atoms with Crippen molar-refractivity contribution in [3.05, 3.63) is 58.3 Å². The molecule has 0 radical (unpaired) electrons. The fraction of sp³-hybridized carbons (Fsp3) is 0.294. The summed E-state index contributed by atoms with van der Waals surface area (Å²) in [6.07, 6.45) is 6.10. The Bertz CT molecular complexity index is 746. The average Bonchev–Trinajstić information content (AvgIpc) is 3.14. The van der Waals surface area contributed by atoms with Crippen molar-refractivity contribution in [1.29, 1.82) is 0 Å². The third kappa shape index (κ3) is 3.59. The van der Waals surface area contributed by atoms with Crippen LogP contribution in [0.2, 0.25) is 0 Å². The summed E-state index contributed by atoms with van der Waals surface area (Å²) in [7, 11) is 0. The second-order valence-electron chi connectivity index (χ2n) is 5.19. The van der Waals surface area contributed by atoms with Gasteiger partial charge in [-0.15, -0.1) is 11.3 Å². The molecule has 0 atom stereocenters. The first-order valence-corrected chi connectivity index (χ1v) is 9.29. The number of thioether (sulfide) groups is 1. The van der Waals surface area contributed by atoms with Crippen molar-refractivity contribution in [2.24, 2.45) is 0 Å². The number of nitrogens with zero attached hydrogens (tertiary/aromatic N) is 3. The average molecular weight is 329 g/mol. The van der Waals surface area contributed by atoms with Gasteiger partial charge in [0.25, 0.3) is 0 Å². The van der Waals surface area contributed by atoms with Crippen molar-refractivity contribution in [1.82, 2.24) is 14.5 Å². The van der Waals surface area contributed by atoms with Crippen LogP contribution in [0.3, 0.4) is 0 Å². The van der Waals surface area contributed by atoms with Gasteiger partial charge in [0.15, 0.2) is 5.16 Å². The molecule has 2 aromatic heterocycles. The summed E-state index contributed by atoms with van der Waals surface area (Å²) in [5.74, 6) is 0.864. The Morgan fingerprint density at radius 2 is 2.23 bits per heavy atom. The lowest BCUT2D eigenvalue weighted by Crippen LogP contribution is -1.96. The summed E-state index contributed by atoms with van der Waals surface area (Å²) in [5, 5.41) is 4.41. The van der Waals surface area contributed by atoms with Crippen molar-refractivity contribution in [2.75, 3.05) is 0 Å². The van der Waals surface area contributed by atoms with E-state index in [1.165, 1.54) is 10.6 Å². The van der Waals surface area contributed by atoms with Crippen molar-refractivity contribution >= 4 is 23.1 Å². The summed E-state index contributed by atoms with van der Waals surface area (Å²) in [6.45, 7) is 4.30. The fourth-order valence-corrected chi connectivity index (χ4v) is 4.12. The van der Waals surface area contributed by atoms with Gasteiger partial charge in [0, 0.05) is 29.2 Å². The van der Waals surface area contributed by atoms with Gasteiger partial charge in [-0.1, -0.05) is 30.8 Å². The van der Waals surface area contributed by atoms with Gasteiger partial charge in [0.1, 0.15) is 0 Å². The Labute approximate surface area is 139 Å². The smallest absolute Gasteiger partial charge is 0.172 e. The van der Waals surface area contributed by atoms with Gasteiger partial charge in [-0.25, -0.2) is 9.97 Å². The number of thiazole rings is 1. The first-order valence-electron chi connectivity index (χ1n) is 7.42. The highest BCUT2D eigenvalue weighted by Crippen LogP contribution is 2.25. The molecule has 22 heavy (non-hydrogen) atoms. The monoisotopic (exact) mass is 329 g/mol. The first-order chi connectivity index (χ1) is 10.8. The molecular weight excluding hydrogens is 310 g/mol. The quantitative estimate of drug-likeness (QED) is 0.604. The Balaban J connectivity index is 1.72. The molecule has 114 valence electrons. The van der Waals surface area contributed by atoms with Gasteiger partial charge < -0.3 is 0 Å². The Kier molecular flexibility index (Phi) is 4.95. The maximum atomic E-state index is 4.68. The number of hydrogen-bond donors (Lipinski definition) is 0. The maximum absolute atomic E-state index is 4.68. The van der Waals surface area contributed by atoms with Gasteiger partial charge >= 0.3 is 0 Å². The van der Waals surface area contributed by atoms with E-state index in [0.717, 1.165) is 35.1 Å². The number of benzene rings is 1. The van der Waals surface area contributed by atoms with Gasteiger partial charge in [-0.3, -0.25) is 4.57 Å². The molecule has 0 unspecified atom stereocenters. The molecule has 3 aromatic rings. The molecule has 3 nitrogen and oxygen atoms in total. The lowest BCUT2D eigenvalue weighted by Gasteiger charge is -2.07. The number of aryl methyl sites for hydroxylation is 2. The van der Waals surface area contributed by atoms with Crippen molar-refractivity contribution in [2.45, 2.75) is 37.6 Å². The highest BCUT2D eigenvalue weighted by atomic mass is 32.2. The van der Waals surface area contributed by atoms with E-state index in [1.54, 1.807) is 23.1 Å². The molecule has 0 aliphatic rings. The number of hydrogen-bond acceptors (Lipinski definition) is 4. The zero-order valence-electron chi connectivity index (χ0n) is 12.8. The molecule has 0 saturated heterocycles. The van der Waals surface area contributed by atoms with E-state index in [1.807, 2.05) is 12.4 Å². The second-order valence-corrected chi connectivity index (χ2v) is 7.08. The Hall–Kier alpha value is -1.59. The zero-order chi connectivity index (χ0) is 15.4. The van der Waals surface area contributed by atoms with Crippen LogP contribution in [0.4, 0.5) is 0 Å². The van der Waals surface area contributed by atoms with E-state index < -0.39 is 0 Å². The SMILES string of the molecule is CCCc1nc(CSc2nccn2-c2cccc(C)c2)cs1. The third-order valence-corrected chi connectivity index (χ3v) is 5.26. The van der Waals surface area contributed by atoms with E-state index in [-0.39, 0.29) is 0 Å². The van der Waals surface area contributed by atoms with Crippen LogP contribution in [0.25, 0.3) is 5.69 Å². The van der Waals surface area contributed by atoms with Crippen LogP contribution < -0.4 is 0 Å². The molecule has 5 heteroatoms. The summed E-state index contributed by atoms with van der Waals surface area (Å²) >= 11 is 3.50. The van der Waals surface area contributed by atoms with Crippen LogP contribution in [0.1, 0.15) is 29.6 Å².